The third kappa shape index (κ3) is 1.31. The van der Waals surface area contributed by atoms with Gasteiger partial charge in [0.05, 0.1) is 9.21 Å². The highest BCUT2D eigenvalue weighted by Crippen LogP contribution is 2.31. The van der Waals surface area contributed by atoms with Gasteiger partial charge >= 0.3 is 0 Å². The van der Waals surface area contributed by atoms with E-state index in [1.165, 1.54) is 11.3 Å². The fraction of sp³-hybridized carbons (Fsp3) is 0. The first kappa shape index (κ1) is 7.64. The minimum absolute atomic E-state index is 0.384. The van der Waals surface area contributed by atoms with Gasteiger partial charge in [-0.2, -0.15) is 0 Å². The molecule has 0 radical (unpaired) electrons. The van der Waals surface area contributed by atoms with Crippen LogP contribution in [0.2, 0.25) is 4.34 Å². The molecule has 0 saturated heterocycles. The summed E-state index contributed by atoms with van der Waals surface area (Å²) in [5, 5.41) is 3.57. The zero-order chi connectivity index (χ0) is 8.55. The Bertz CT molecular complexity index is 357. The van der Waals surface area contributed by atoms with Crippen molar-refractivity contribution in [2.45, 2.75) is 0 Å². The molecular formula is C7H5ClN2OS. The van der Waals surface area contributed by atoms with Crippen molar-refractivity contribution >= 4 is 28.8 Å². The van der Waals surface area contributed by atoms with Crippen molar-refractivity contribution in [3.05, 3.63) is 22.5 Å². The molecule has 0 aromatic carbocycles. The van der Waals surface area contributed by atoms with E-state index >= 15 is 0 Å². The minimum Gasteiger partial charge on any atom is -0.381 e. The predicted octanol–water partition coefficient (Wildman–Crippen LogP) is 2.64. The molecule has 2 heterocycles. The number of rotatable bonds is 1. The number of thiophene rings is 1. The van der Waals surface area contributed by atoms with Crippen LogP contribution >= 0.6 is 22.9 Å². The Balaban J connectivity index is 2.43. The summed E-state index contributed by atoms with van der Waals surface area (Å²) in [6.45, 7) is 0. The van der Waals surface area contributed by atoms with E-state index in [9.17, 15) is 0 Å². The van der Waals surface area contributed by atoms with Crippen LogP contribution in [0.3, 0.4) is 0 Å². The standard InChI is InChI=1S/C7H5ClN2OS/c8-6-2-1-5(12-6)4-3-7(9)10-11-4/h1-3H,(H2,9,10). The largest absolute Gasteiger partial charge is 0.381 e. The Morgan fingerprint density at radius 3 is 2.83 bits per heavy atom. The zero-order valence-corrected chi connectivity index (χ0v) is 7.52. The minimum atomic E-state index is 0.384. The van der Waals surface area contributed by atoms with Crippen LogP contribution in [0, 0.1) is 0 Å². The lowest BCUT2D eigenvalue weighted by Crippen LogP contribution is -1.79. The van der Waals surface area contributed by atoms with Crippen LogP contribution in [0.25, 0.3) is 10.6 Å². The Kier molecular flexibility index (Phi) is 1.78. The zero-order valence-electron chi connectivity index (χ0n) is 5.95. The molecule has 2 rings (SSSR count). The SMILES string of the molecule is Nc1cc(-c2ccc(Cl)s2)on1. The lowest BCUT2D eigenvalue weighted by Gasteiger charge is -1.83. The molecule has 0 unspecified atom stereocenters. The first-order valence-electron chi connectivity index (χ1n) is 3.23. The van der Waals surface area contributed by atoms with Crippen LogP contribution in [0.1, 0.15) is 0 Å². The number of halogens is 1. The molecule has 3 nitrogen and oxygen atoms in total. The van der Waals surface area contributed by atoms with Crippen molar-refractivity contribution in [2.24, 2.45) is 0 Å². The van der Waals surface area contributed by atoms with Gasteiger partial charge in [-0.15, -0.1) is 11.3 Å². The molecule has 0 atom stereocenters. The van der Waals surface area contributed by atoms with Gasteiger partial charge in [0, 0.05) is 6.07 Å². The smallest absolute Gasteiger partial charge is 0.179 e. The molecule has 2 aromatic heterocycles. The molecule has 0 spiro atoms. The molecule has 62 valence electrons. The summed E-state index contributed by atoms with van der Waals surface area (Å²) < 4.78 is 5.66. The maximum atomic E-state index is 5.74. The molecule has 0 fully saturated rings. The number of hydrogen-bond donors (Lipinski definition) is 1. The van der Waals surface area contributed by atoms with Crippen molar-refractivity contribution in [3.63, 3.8) is 0 Å². The molecular weight excluding hydrogens is 196 g/mol. The van der Waals surface area contributed by atoms with E-state index in [4.69, 9.17) is 21.9 Å². The number of nitrogens with two attached hydrogens (primary N) is 1. The molecule has 0 aliphatic heterocycles. The highest BCUT2D eigenvalue weighted by Gasteiger charge is 2.06. The van der Waals surface area contributed by atoms with Crippen LogP contribution in [0.5, 0.6) is 0 Å². The normalized spacial score (nSPS) is 10.4. The van der Waals surface area contributed by atoms with Gasteiger partial charge in [0.15, 0.2) is 11.6 Å². The maximum absolute atomic E-state index is 5.74. The lowest BCUT2D eigenvalue weighted by molar-refractivity contribution is 0.436. The summed E-state index contributed by atoms with van der Waals surface area (Å²) in [6, 6.07) is 5.34. The molecule has 0 amide bonds. The van der Waals surface area contributed by atoms with E-state index < -0.39 is 0 Å². The molecule has 12 heavy (non-hydrogen) atoms. The summed E-state index contributed by atoms with van der Waals surface area (Å²) in [5.74, 6) is 1.04. The van der Waals surface area contributed by atoms with Gasteiger partial charge in [0.2, 0.25) is 0 Å². The topological polar surface area (TPSA) is 52.0 Å². The summed E-state index contributed by atoms with van der Waals surface area (Å²) in [6.07, 6.45) is 0. The van der Waals surface area contributed by atoms with Crippen molar-refractivity contribution < 1.29 is 4.52 Å². The fourth-order valence-corrected chi connectivity index (χ4v) is 1.84. The number of hydrogen-bond acceptors (Lipinski definition) is 4. The van der Waals surface area contributed by atoms with Crippen molar-refractivity contribution in [1.29, 1.82) is 0 Å². The summed E-state index contributed by atoms with van der Waals surface area (Å²) in [5.41, 5.74) is 5.39. The Labute approximate surface area is 77.7 Å². The lowest BCUT2D eigenvalue weighted by atomic mass is 10.4. The van der Waals surface area contributed by atoms with E-state index in [0.717, 1.165) is 9.21 Å². The predicted molar refractivity (Wildman–Crippen MR) is 49.2 cm³/mol. The van der Waals surface area contributed by atoms with Gasteiger partial charge in [0.1, 0.15) is 0 Å². The van der Waals surface area contributed by atoms with Gasteiger partial charge in [-0.3, -0.25) is 0 Å². The molecule has 2 N–H and O–H groups in total. The average molecular weight is 201 g/mol. The van der Waals surface area contributed by atoms with Crippen molar-refractivity contribution in [1.82, 2.24) is 5.16 Å². The number of nitrogen functional groups attached to an aromatic ring is 1. The number of aromatic nitrogens is 1. The van der Waals surface area contributed by atoms with Gasteiger partial charge in [-0.05, 0) is 12.1 Å². The second-order valence-electron chi connectivity index (χ2n) is 2.22. The molecule has 0 saturated carbocycles. The first-order chi connectivity index (χ1) is 5.75. The summed E-state index contributed by atoms with van der Waals surface area (Å²) in [4.78, 5) is 0.934. The molecule has 5 heteroatoms. The highest BCUT2D eigenvalue weighted by molar-refractivity contribution is 7.19. The third-order valence-corrected chi connectivity index (χ3v) is 2.59. The molecule has 0 aliphatic rings. The Morgan fingerprint density at radius 2 is 2.33 bits per heavy atom. The monoisotopic (exact) mass is 200 g/mol. The van der Waals surface area contributed by atoms with Crippen LogP contribution < -0.4 is 5.73 Å². The summed E-state index contributed by atoms with van der Waals surface area (Å²) >= 11 is 7.17. The van der Waals surface area contributed by atoms with Crippen LogP contribution in [0.4, 0.5) is 5.82 Å². The Hall–Kier alpha value is -1.00. The summed E-state index contributed by atoms with van der Waals surface area (Å²) in [7, 11) is 0. The van der Waals surface area contributed by atoms with Gasteiger partial charge in [-0.25, -0.2) is 0 Å². The van der Waals surface area contributed by atoms with E-state index in [2.05, 4.69) is 5.16 Å². The number of anilines is 1. The van der Waals surface area contributed by atoms with Gasteiger partial charge < -0.3 is 10.3 Å². The van der Waals surface area contributed by atoms with Crippen molar-refractivity contribution in [3.8, 4) is 10.6 Å². The van der Waals surface area contributed by atoms with E-state index in [1.54, 1.807) is 12.1 Å². The quantitative estimate of drug-likeness (QED) is 0.770. The maximum Gasteiger partial charge on any atom is 0.179 e. The third-order valence-electron chi connectivity index (χ3n) is 1.34. The van der Waals surface area contributed by atoms with Gasteiger partial charge in [0.25, 0.3) is 0 Å². The molecule has 0 aliphatic carbocycles. The van der Waals surface area contributed by atoms with Gasteiger partial charge in [-0.1, -0.05) is 16.8 Å². The van der Waals surface area contributed by atoms with Crippen LogP contribution in [-0.2, 0) is 0 Å². The molecule has 0 bridgehead atoms. The van der Waals surface area contributed by atoms with Crippen LogP contribution in [-0.4, -0.2) is 5.16 Å². The second-order valence-corrected chi connectivity index (χ2v) is 3.93. The first-order valence-corrected chi connectivity index (χ1v) is 4.43. The fourth-order valence-electron chi connectivity index (χ4n) is 0.852. The van der Waals surface area contributed by atoms with E-state index in [0.29, 0.717) is 11.6 Å². The highest BCUT2D eigenvalue weighted by atomic mass is 35.5. The second kappa shape index (κ2) is 2.80. The number of nitrogens with zero attached hydrogens (tertiary/aromatic N) is 1. The van der Waals surface area contributed by atoms with E-state index in [-0.39, 0.29) is 0 Å². The van der Waals surface area contributed by atoms with Crippen molar-refractivity contribution in [2.75, 3.05) is 5.73 Å². The average Bonchev–Trinajstić information content (AvgIpc) is 2.58. The molecule has 2 aromatic rings. The Morgan fingerprint density at radius 1 is 1.50 bits per heavy atom. The van der Waals surface area contributed by atoms with Crippen LogP contribution in [0.15, 0.2) is 22.7 Å². The van der Waals surface area contributed by atoms with E-state index in [1.807, 2.05) is 6.07 Å².